The zero-order valence-electron chi connectivity index (χ0n) is 16.8. The van der Waals surface area contributed by atoms with Gasteiger partial charge in [-0.2, -0.15) is 0 Å². The van der Waals surface area contributed by atoms with Crippen LogP contribution >= 0.6 is 0 Å². The predicted octanol–water partition coefficient (Wildman–Crippen LogP) is 2.87. The van der Waals surface area contributed by atoms with Gasteiger partial charge in [0.15, 0.2) is 0 Å². The molecule has 1 saturated heterocycles. The van der Waals surface area contributed by atoms with Crippen LogP contribution in [0.15, 0.2) is 53.4 Å². The molecule has 1 N–H and O–H groups in total. The van der Waals surface area contributed by atoms with E-state index in [9.17, 15) is 17.6 Å². The fourth-order valence-electron chi connectivity index (χ4n) is 3.64. The van der Waals surface area contributed by atoms with Crippen LogP contribution in [-0.4, -0.2) is 51.9 Å². The van der Waals surface area contributed by atoms with Gasteiger partial charge in [-0.15, -0.1) is 0 Å². The van der Waals surface area contributed by atoms with Gasteiger partial charge >= 0.3 is 0 Å². The van der Waals surface area contributed by atoms with Gasteiger partial charge in [0.25, 0.3) is 5.91 Å². The van der Waals surface area contributed by atoms with Crippen molar-refractivity contribution in [1.82, 2.24) is 9.62 Å². The minimum Gasteiger partial charge on any atom is -0.370 e. The summed E-state index contributed by atoms with van der Waals surface area (Å²) in [6.07, 6.45) is 2.90. The number of carbonyl (C=O) groups is 1. The summed E-state index contributed by atoms with van der Waals surface area (Å²) in [5.74, 6) is -0.00669. The zero-order valence-corrected chi connectivity index (χ0v) is 17.6. The van der Waals surface area contributed by atoms with Gasteiger partial charge in [-0.25, -0.2) is 17.5 Å². The van der Waals surface area contributed by atoms with Crippen molar-refractivity contribution in [2.24, 2.45) is 5.92 Å². The Balaban J connectivity index is 1.43. The van der Waals surface area contributed by atoms with E-state index in [0.717, 1.165) is 31.5 Å². The van der Waals surface area contributed by atoms with Gasteiger partial charge in [-0.1, -0.05) is 6.07 Å². The Labute approximate surface area is 176 Å². The van der Waals surface area contributed by atoms with Crippen molar-refractivity contribution in [1.29, 1.82) is 0 Å². The number of nitrogens with zero attached hydrogens (tertiary/aromatic N) is 2. The van der Waals surface area contributed by atoms with Crippen LogP contribution in [0, 0.1) is 11.7 Å². The summed E-state index contributed by atoms with van der Waals surface area (Å²) < 4.78 is 40.9. The van der Waals surface area contributed by atoms with E-state index in [-0.39, 0.29) is 16.6 Å². The molecule has 1 aliphatic heterocycles. The van der Waals surface area contributed by atoms with Gasteiger partial charge in [0.2, 0.25) is 10.0 Å². The van der Waals surface area contributed by atoms with Crippen molar-refractivity contribution in [3.8, 4) is 0 Å². The van der Waals surface area contributed by atoms with E-state index in [1.54, 1.807) is 29.2 Å². The quantitative estimate of drug-likeness (QED) is 0.764. The first-order valence-corrected chi connectivity index (χ1v) is 11.8. The zero-order chi connectivity index (χ0) is 21.1. The lowest BCUT2D eigenvalue weighted by molar-refractivity contribution is 0.0767. The number of halogens is 1. The van der Waals surface area contributed by atoms with Gasteiger partial charge < -0.3 is 9.80 Å². The molecule has 6 nitrogen and oxygen atoms in total. The molecule has 0 aromatic heterocycles. The van der Waals surface area contributed by atoms with Gasteiger partial charge in [0.05, 0.1) is 4.90 Å². The van der Waals surface area contributed by atoms with Crippen molar-refractivity contribution >= 4 is 21.6 Å². The number of hydrogen-bond acceptors (Lipinski definition) is 4. The molecule has 2 aromatic carbocycles. The number of rotatable bonds is 6. The van der Waals surface area contributed by atoms with Gasteiger partial charge in [-0.3, -0.25) is 4.79 Å². The van der Waals surface area contributed by atoms with Crippen molar-refractivity contribution in [2.45, 2.75) is 24.2 Å². The van der Waals surface area contributed by atoms with Crippen LogP contribution in [0.2, 0.25) is 0 Å². The molecule has 0 unspecified atom stereocenters. The van der Waals surface area contributed by atoms with E-state index in [2.05, 4.69) is 9.62 Å². The molecule has 0 bridgehead atoms. The van der Waals surface area contributed by atoms with E-state index in [0.29, 0.717) is 37.7 Å². The molecule has 2 aliphatic rings. The van der Waals surface area contributed by atoms with Crippen LogP contribution in [0.1, 0.15) is 29.6 Å². The first-order chi connectivity index (χ1) is 14.4. The van der Waals surface area contributed by atoms with E-state index < -0.39 is 10.0 Å². The SMILES string of the molecule is O=C(c1cccc(S(=O)(=O)NCC2CC2)c1)N1CCCN(c2ccc(F)cc2)CC1. The molecule has 0 radical (unpaired) electrons. The average Bonchev–Trinajstić information content (AvgIpc) is 3.59. The summed E-state index contributed by atoms with van der Waals surface area (Å²) >= 11 is 0. The summed E-state index contributed by atoms with van der Waals surface area (Å²) in [6, 6.07) is 12.6. The number of amides is 1. The normalized spacial score (nSPS) is 17.6. The Bertz CT molecular complexity index is 1010. The molecule has 4 rings (SSSR count). The van der Waals surface area contributed by atoms with Crippen LogP contribution < -0.4 is 9.62 Å². The molecule has 8 heteroatoms. The van der Waals surface area contributed by atoms with E-state index in [4.69, 9.17) is 0 Å². The van der Waals surface area contributed by atoms with Crippen molar-refractivity contribution < 1.29 is 17.6 Å². The molecule has 1 heterocycles. The minimum absolute atomic E-state index is 0.122. The van der Waals surface area contributed by atoms with Crippen LogP contribution in [0.5, 0.6) is 0 Å². The first-order valence-electron chi connectivity index (χ1n) is 10.3. The minimum atomic E-state index is -3.62. The maximum atomic E-state index is 13.2. The average molecular weight is 432 g/mol. The lowest BCUT2D eigenvalue weighted by atomic mass is 10.2. The molecule has 1 aliphatic carbocycles. The second kappa shape index (κ2) is 8.73. The summed E-state index contributed by atoms with van der Waals surface area (Å²) in [4.78, 5) is 17.1. The summed E-state index contributed by atoms with van der Waals surface area (Å²) in [5, 5.41) is 0. The van der Waals surface area contributed by atoms with Crippen LogP contribution in [-0.2, 0) is 10.0 Å². The molecule has 0 atom stereocenters. The third-order valence-corrected chi connectivity index (χ3v) is 7.05. The number of nitrogens with one attached hydrogen (secondary N) is 1. The Morgan fingerprint density at radius 2 is 1.80 bits per heavy atom. The summed E-state index contributed by atoms with van der Waals surface area (Å²) in [7, 11) is -3.62. The predicted molar refractivity (Wildman–Crippen MR) is 113 cm³/mol. The Hall–Kier alpha value is -2.45. The molecular formula is C22H26FN3O3S. The highest BCUT2D eigenvalue weighted by atomic mass is 32.2. The smallest absolute Gasteiger partial charge is 0.253 e. The second-order valence-corrected chi connectivity index (χ2v) is 9.70. The molecule has 1 amide bonds. The molecule has 160 valence electrons. The molecule has 0 spiro atoms. The fraction of sp³-hybridized carbons (Fsp3) is 0.409. The van der Waals surface area contributed by atoms with Crippen molar-refractivity contribution in [2.75, 3.05) is 37.6 Å². The van der Waals surface area contributed by atoms with Gasteiger partial charge in [0, 0.05) is 44.0 Å². The number of anilines is 1. The van der Waals surface area contributed by atoms with E-state index in [1.165, 1.54) is 24.3 Å². The number of sulfonamides is 1. The summed E-state index contributed by atoms with van der Waals surface area (Å²) in [6.45, 7) is 2.97. The number of benzene rings is 2. The van der Waals surface area contributed by atoms with Gasteiger partial charge in [-0.05, 0) is 67.6 Å². The first kappa shape index (κ1) is 20.8. The van der Waals surface area contributed by atoms with Crippen LogP contribution in [0.25, 0.3) is 0 Å². The van der Waals surface area contributed by atoms with E-state index in [1.807, 2.05) is 0 Å². The highest BCUT2D eigenvalue weighted by Gasteiger charge is 2.25. The maximum absolute atomic E-state index is 13.2. The standard InChI is InChI=1S/C22H26FN3O3S/c23-19-7-9-20(10-8-19)25-11-2-12-26(14-13-25)22(27)18-3-1-4-21(15-18)30(28,29)24-16-17-5-6-17/h1,3-4,7-10,15,17,24H,2,5-6,11-14,16H2. The third kappa shape index (κ3) is 4.99. The summed E-state index contributed by atoms with van der Waals surface area (Å²) in [5.41, 5.74) is 1.31. The highest BCUT2D eigenvalue weighted by Crippen LogP contribution is 2.28. The number of carbonyl (C=O) groups excluding carboxylic acids is 1. The van der Waals surface area contributed by atoms with Gasteiger partial charge in [0.1, 0.15) is 5.82 Å². The maximum Gasteiger partial charge on any atom is 0.253 e. The van der Waals surface area contributed by atoms with E-state index >= 15 is 0 Å². The Morgan fingerprint density at radius 3 is 2.53 bits per heavy atom. The topological polar surface area (TPSA) is 69.7 Å². The lowest BCUT2D eigenvalue weighted by Crippen LogP contribution is -2.35. The highest BCUT2D eigenvalue weighted by molar-refractivity contribution is 7.89. The Kier molecular flexibility index (Phi) is 6.06. The molecule has 1 saturated carbocycles. The van der Waals surface area contributed by atoms with Crippen molar-refractivity contribution in [3.63, 3.8) is 0 Å². The molecule has 30 heavy (non-hydrogen) atoms. The molecular weight excluding hydrogens is 405 g/mol. The fourth-order valence-corrected chi connectivity index (χ4v) is 4.80. The molecule has 2 aromatic rings. The van der Waals surface area contributed by atoms with Crippen molar-refractivity contribution in [3.05, 3.63) is 59.9 Å². The monoisotopic (exact) mass is 431 g/mol. The largest absolute Gasteiger partial charge is 0.370 e. The lowest BCUT2D eigenvalue weighted by Gasteiger charge is -2.24. The molecule has 2 fully saturated rings. The third-order valence-electron chi connectivity index (χ3n) is 5.63. The number of hydrogen-bond donors (Lipinski definition) is 1. The second-order valence-electron chi connectivity index (χ2n) is 7.93. The van der Waals surface area contributed by atoms with Crippen LogP contribution in [0.3, 0.4) is 0 Å². The van der Waals surface area contributed by atoms with Crippen LogP contribution in [0.4, 0.5) is 10.1 Å². The Morgan fingerprint density at radius 1 is 1.03 bits per heavy atom.